The lowest BCUT2D eigenvalue weighted by Crippen LogP contribution is -2.10. The van der Waals surface area contributed by atoms with Gasteiger partial charge in [-0.25, -0.2) is 0 Å². The van der Waals surface area contributed by atoms with Crippen LogP contribution in [-0.2, 0) is 10.1 Å². The minimum absolute atomic E-state index is 0.0666. The van der Waals surface area contributed by atoms with Gasteiger partial charge in [-0.1, -0.05) is 29.8 Å². The van der Waals surface area contributed by atoms with Crippen molar-refractivity contribution < 1.29 is 13.0 Å². The number of thioether (sulfide) groups is 1. The Morgan fingerprint density at radius 2 is 1.71 bits per heavy atom. The van der Waals surface area contributed by atoms with E-state index >= 15 is 0 Å². The molecule has 6 heteroatoms. The van der Waals surface area contributed by atoms with Gasteiger partial charge in [0.1, 0.15) is 0 Å². The van der Waals surface area contributed by atoms with Crippen molar-refractivity contribution in [3.05, 3.63) is 54.1 Å². The van der Waals surface area contributed by atoms with Gasteiger partial charge in [0.05, 0.1) is 16.5 Å². The molecule has 0 aliphatic carbocycles. The number of para-hydroxylation sites is 1. The van der Waals surface area contributed by atoms with Crippen molar-refractivity contribution >= 4 is 27.6 Å². The van der Waals surface area contributed by atoms with Gasteiger partial charge in [0.2, 0.25) is 0 Å². The summed E-state index contributed by atoms with van der Waals surface area (Å²) in [6, 6.07) is 14.5. The van der Waals surface area contributed by atoms with E-state index in [0.29, 0.717) is 0 Å². The van der Waals surface area contributed by atoms with Gasteiger partial charge in [0.25, 0.3) is 10.1 Å². The molecule has 3 rings (SSSR count). The lowest BCUT2D eigenvalue weighted by molar-refractivity contribution is 0.483. The minimum Gasteiger partial charge on any atom is -0.364 e. The van der Waals surface area contributed by atoms with Crippen molar-refractivity contribution in [1.82, 2.24) is 0 Å². The second-order valence-corrected chi connectivity index (χ2v) is 7.14. The molecule has 0 radical (unpaired) electrons. The lowest BCUT2D eigenvalue weighted by atomic mass is 10.2. The van der Waals surface area contributed by atoms with Gasteiger partial charge in [0, 0.05) is 11.9 Å². The molecule has 0 atom stereocenters. The van der Waals surface area contributed by atoms with Crippen molar-refractivity contribution in [3.63, 3.8) is 0 Å². The lowest BCUT2D eigenvalue weighted by Gasteiger charge is -2.08. The summed E-state index contributed by atoms with van der Waals surface area (Å²) in [5.41, 5.74) is 2.32. The first-order valence-corrected chi connectivity index (χ1v) is 8.77. The zero-order valence-electron chi connectivity index (χ0n) is 11.9. The van der Waals surface area contributed by atoms with Gasteiger partial charge in [-0.3, -0.25) is 4.55 Å². The molecule has 1 heterocycles. The Balaban J connectivity index is 0.000000154. The number of hydrogen-bond acceptors (Lipinski definition) is 4. The monoisotopic (exact) mass is 323 g/mol. The molecule has 0 unspecified atom stereocenters. The topological polar surface area (TPSA) is 57.6 Å². The van der Waals surface area contributed by atoms with Crippen molar-refractivity contribution in [1.29, 1.82) is 0 Å². The van der Waals surface area contributed by atoms with Crippen molar-refractivity contribution in [2.45, 2.75) is 16.7 Å². The fourth-order valence-electron chi connectivity index (χ4n) is 1.84. The number of rotatable bonds is 1. The SMILES string of the molecule is CN1CSc2ccccc21.Cc1ccc(S(=O)(=O)O)cc1. The molecule has 0 bridgehead atoms. The summed E-state index contributed by atoms with van der Waals surface area (Å²) in [5.74, 6) is 1.10. The predicted molar refractivity (Wildman–Crippen MR) is 86.6 cm³/mol. The number of anilines is 1. The van der Waals surface area contributed by atoms with Crippen LogP contribution in [0.5, 0.6) is 0 Å². The Bertz CT molecular complexity index is 712. The fraction of sp³-hybridized carbons (Fsp3) is 0.200. The Hall–Kier alpha value is -1.50. The summed E-state index contributed by atoms with van der Waals surface area (Å²) in [6.45, 7) is 1.84. The van der Waals surface area contributed by atoms with Crippen molar-refractivity contribution in [2.24, 2.45) is 0 Å². The van der Waals surface area contributed by atoms with Crippen LogP contribution < -0.4 is 4.90 Å². The van der Waals surface area contributed by atoms with E-state index < -0.39 is 10.1 Å². The summed E-state index contributed by atoms with van der Waals surface area (Å²) >= 11 is 1.90. The van der Waals surface area contributed by atoms with E-state index in [1.165, 1.54) is 22.7 Å². The normalized spacial score (nSPS) is 13.4. The van der Waals surface area contributed by atoms with Crippen LogP contribution in [0, 0.1) is 6.92 Å². The predicted octanol–water partition coefficient (Wildman–Crippen LogP) is 3.43. The number of nitrogens with zero attached hydrogens (tertiary/aromatic N) is 1. The van der Waals surface area contributed by atoms with E-state index in [1.807, 2.05) is 18.7 Å². The molecule has 0 amide bonds. The standard InChI is InChI=1S/C8H9NS.C7H8O3S/c1-9-6-10-8-5-3-2-4-7(8)9;1-6-2-4-7(5-3-6)11(8,9)10/h2-5H,6H2,1H3;2-5H,1H3,(H,8,9,10). The molecule has 0 spiro atoms. The highest BCUT2D eigenvalue weighted by Gasteiger charge is 2.13. The Labute approximate surface area is 129 Å². The smallest absolute Gasteiger partial charge is 0.294 e. The minimum atomic E-state index is -4.02. The Morgan fingerprint density at radius 1 is 1.10 bits per heavy atom. The van der Waals surface area contributed by atoms with E-state index in [4.69, 9.17) is 4.55 Å². The van der Waals surface area contributed by atoms with E-state index in [-0.39, 0.29) is 4.90 Å². The summed E-state index contributed by atoms with van der Waals surface area (Å²) in [7, 11) is -1.90. The summed E-state index contributed by atoms with van der Waals surface area (Å²) < 4.78 is 29.6. The van der Waals surface area contributed by atoms with Gasteiger partial charge < -0.3 is 4.90 Å². The van der Waals surface area contributed by atoms with Gasteiger partial charge in [-0.2, -0.15) is 8.42 Å². The van der Waals surface area contributed by atoms with Crippen LogP contribution in [0.4, 0.5) is 5.69 Å². The third kappa shape index (κ3) is 4.23. The average molecular weight is 323 g/mol. The van der Waals surface area contributed by atoms with Crippen molar-refractivity contribution in [3.8, 4) is 0 Å². The van der Waals surface area contributed by atoms with Gasteiger partial charge in [0.15, 0.2) is 0 Å². The van der Waals surface area contributed by atoms with Crippen molar-refractivity contribution in [2.75, 3.05) is 17.8 Å². The maximum Gasteiger partial charge on any atom is 0.294 e. The van der Waals surface area contributed by atoms with E-state index in [1.54, 1.807) is 12.1 Å². The van der Waals surface area contributed by atoms with E-state index in [9.17, 15) is 8.42 Å². The van der Waals surface area contributed by atoms with Crippen LogP contribution in [0.15, 0.2) is 58.3 Å². The molecule has 4 nitrogen and oxygen atoms in total. The molecule has 21 heavy (non-hydrogen) atoms. The first-order chi connectivity index (χ1) is 9.88. The van der Waals surface area contributed by atoms with Gasteiger partial charge in [-0.15, -0.1) is 11.8 Å². The second-order valence-electron chi connectivity index (χ2n) is 4.73. The molecule has 0 saturated carbocycles. The third-order valence-corrected chi connectivity index (χ3v) is 5.05. The molecule has 0 aromatic heterocycles. The van der Waals surface area contributed by atoms with Gasteiger partial charge in [-0.05, 0) is 31.2 Å². The highest BCUT2D eigenvalue weighted by Crippen LogP contribution is 2.36. The van der Waals surface area contributed by atoms with Crippen LogP contribution in [0.1, 0.15) is 5.56 Å². The van der Waals surface area contributed by atoms with E-state index in [0.717, 1.165) is 11.4 Å². The maximum absolute atomic E-state index is 10.5. The zero-order chi connectivity index (χ0) is 15.5. The largest absolute Gasteiger partial charge is 0.364 e. The molecule has 1 N–H and O–H groups in total. The zero-order valence-corrected chi connectivity index (χ0v) is 13.5. The van der Waals surface area contributed by atoms with Gasteiger partial charge >= 0.3 is 0 Å². The number of hydrogen-bond donors (Lipinski definition) is 1. The molecular weight excluding hydrogens is 306 g/mol. The highest BCUT2D eigenvalue weighted by molar-refractivity contribution is 7.99. The summed E-state index contributed by atoms with van der Waals surface area (Å²) in [4.78, 5) is 3.60. The molecule has 2 aromatic rings. The molecular formula is C15H17NO3S2. The number of benzene rings is 2. The number of fused-ring (bicyclic) bond motifs is 1. The van der Waals surface area contributed by atoms with Crippen LogP contribution in [0.25, 0.3) is 0 Å². The summed E-state index contributed by atoms with van der Waals surface area (Å²) in [5, 5.41) is 0. The van der Waals surface area contributed by atoms with Crippen LogP contribution in [0.3, 0.4) is 0 Å². The molecule has 0 fully saturated rings. The fourth-order valence-corrected chi connectivity index (χ4v) is 3.34. The average Bonchev–Trinajstić information content (AvgIpc) is 2.81. The third-order valence-electron chi connectivity index (χ3n) is 3.01. The molecule has 0 saturated heterocycles. The van der Waals surface area contributed by atoms with E-state index in [2.05, 4.69) is 36.2 Å². The quantitative estimate of drug-likeness (QED) is 0.815. The van der Waals surface area contributed by atoms with Crippen LogP contribution in [-0.4, -0.2) is 25.9 Å². The first-order valence-electron chi connectivity index (χ1n) is 6.35. The first kappa shape index (κ1) is 15.9. The highest BCUT2D eigenvalue weighted by atomic mass is 32.2. The molecule has 1 aliphatic rings. The molecule has 112 valence electrons. The second kappa shape index (κ2) is 6.51. The van der Waals surface area contributed by atoms with Crippen LogP contribution in [0.2, 0.25) is 0 Å². The summed E-state index contributed by atoms with van der Waals surface area (Å²) in [6.07, 6.45) is 0. The number of aryl methyl sites for hydroxylation is 1. The molecule has 1 aliphatic heterocycles. The maximum atomic E-state index is 10.5. The Kier molecular flexibility index (Phi) is 4.92. The Morgan fingerprint density at radius 3 is 2.29 bits per heavy atom. The van der Waals surface area contributed by atoms with Crippen LogP contribution >= 0.6 is 11.8 Å². The molecule has 2 aromatic carbocycles.